The number of benzene rings is 1. The van der Waals surface area contributed by atoms with E-state index in [2.05, 4.69) is 12.2 Å². The zero-order chi connectivity index (χ0) is 11.8. The van der Waals surface area contributed by atoms with E-state index in [4.69, 9.17) is 22.1 Å². The summed E-state index contributed by atoms with van der Waals surface area (Å²) >= 11 is 6.01. The predicted octanol–water partition coefficient (Wildman–Crippen LogP) is 3.15. The molecule has 1 aromatic rings. The van der Waals surface area contributed by atoms with Gasteiger partial charge < -0.3 is 15.8 Å². The van der Waals surface area contributed by atoms with Crippen LogP contribution in [-0.4, -0.2) is 19.8 Å². The average molecular weight is 243 g/mol. The van der Waals surface area contributed by atoms with Crippen molar-refractivity contribution in [2.24, 2.45) is 0 Å². The van der Waals surface area contributed by atoms with Gasteiger partial charge in [-0.2, -0.15) is 0 Å². The maximum atomic E-state index is 6.01. The van der Waals surface area contributed by atoms with E-state index >= 15 is 0 Å². The van der Waals surface area contributed by atoms with Gasteiger partial charge >= 0.3 is 0 Å². The van der Waals surface area contributed by atoms with Crippen LogP contribution in [0.25, 0.3) is 0 Å². The Morgan fingerprint density at radius 3 is 2.88 bits per heavy atom. The molecule has 3 nitrogen and oxygen atoms in total. The lowest BCUT2D eigenvalue weighted by Gasteiger charge is -2.09. The predicted molar refractivity (Wildman–Crippen MR) is 70.1 cm³/mol. The van der Waals surface area contributed by atoms with Crippen LogP contribution in [-0.2, 0) is 4.74 Å². The molecule has 0 heterocycles. The summed E-state index contributed by atoms with van der Waals surface area (Å²) in [4.78, 5) is 0. The van der Waals surface area contributed by atoms with Crippen molar-refractivity contribution in [2.45, 2.75) is 19.8 Å². The third kappa shape index (κ3) is 4.73. The first kappa shape index (κ1) is 13.1. The maximum absolute atomic E-state index is 6.01. The molecule has 0 spiro atoms. The molecule has 0 amide bonds. The van der Waals surface area contributed by atoms with Gasteiger partial charge in [-0.15, -0.1) is 0 Å². The number of nitrogens with two attached hydrogens (primary N) is 1. The van der Waals surface area contributed by atoms with Crippen LogP contribution in [0.1, 0.15) is 19.8 Å². The van der Waals surface area contributed by atoms with Crippen LogP contribution < -0.4 is 11.1 Å². The summed E-state index contributed by atoms with van der Waals surface area (Å²) in [5, 5.41) is 3.85. The molecule has 0 fully saturated rings. The van der Waals surface area contributed by atoms with E-state index in [-0.39, 0.29) is 0 Å². The van der Waals surface area contributed by atoms with E-state index in [1.54, 1.807) is 6.07 Å². The Morgan fingerprint density at radius 1 is 1.38 bits per heavy atom. The second-order valence-corrected chi connectivity index (χ2v) is 4.04. The summed E-state index contributed by atoms with van der Waals surface area (Å²) in [5.74, 6) is 0. The topological polar surface area (TPSA) is 47.3 Å². The van der Waals surface area contributed by atoms with Crippen molar-refractivity contribution in [3.8, 4) is 0 Å². The zero-order valence-corrected chi connectivity index (χ0v) is 10.4. The molecule has 0 bridgehead atoms. The summed E-state index contributed by atoms with van der Waals surface area (Å²) < 4.78 is 5.43. The van der Waals surface area contributed by atoms with Gasteiger partial charge in [-0.05, 0) is 24.6 Å². The molecule has 0 unspecified atom stereocenters. The molecule has 0 aliphatic rings. The highest BCUT2D eigenvalue weighted by molar-refractivity contribution is 6.33. The molecule has 4 heteroatoms. The molecule has 16 heavy (non-hydrogen) atoms. The summed E-state index contributed by atoms with van der Waals surface area (Å²) in [5.41, 5.74) is 7.17. The molecular formula is C12H19ClN2O. The molecule has 0 atom stereocenters. The molecule has 0 saturated carbocycles. The van der Waals surface area contributed by atoms with Crippen molar-refractivity contribution < 1.29 is 4.74 Å². The lowest BCUT2D eigenvalue weighted by Crippen LogP contribution is -2.10. The van der Waals surface area contributed by atoms with E-state index in [0.29, 0.717) is 17.3 Å². The van der Waals surface area contributed by atoms with Crippen LogP contribution in [0, 0.1) is 0 Å². The normalized spacial score (nSPS) is 10.4. The fraction of sp³-hybridized carbons (Fsp3) is 0.500. The van der Waals surface area contributed by atoms with Crippen LogP contribution in [0.15, 0.2) is 18.2 Å². The lowest BCUT2D eigenvalue weighted by atomic mass is 10.3. The van der Waals surface area contributed by atoms with E-state index < -0.39 is 0 Å². The molecule has 0 aliphatic carbocycles. The van der Waals surface area contributed by atoms with Gasteiger partial charge in [-0.1, -0.05) is 24.9 Å². The first-order chi connectivity index (χ1) is 7.74. The monoisotopic (exact) mass is 242 g/mol. The summed E-state index contributed by atoms with van der Waals surface area (Å²) in [7, 11) is 0. The summed E-state index contributed by atoms with van der Waals surface area (Å²) in [6.07, 6.45) is 2.28. The van der Waals surface area contributed by atoms with Gasteiger partial charge in [0.2, 0.25) is 0 Å². The van der Waals surface area contributed by atoms with Gasteiger partial charge in [-0.25, -0.2) is 0 Å². The molecule has 1 aromatic carbocycles. The Kier molecular flexibility index (Phi) is 6.04. The minimum Gasteiger partial charge on any atom is -0.399 e. The SMILES string of the molecule is CCCCOCCNc1ccc(N)cc1Cl. The van der Waals surface area contributed by atoms with E-state index in [0.717, 1.165) is 31.7 Å². The highest BCUT2D eigenvalue weighted by Gasteiger charge is 1.99. The van der Waals surface area contributed by atoms with Crippen molar-refractivity contribution >= 4 is 23.0 Å². The van der Waals surface area contributed by atoms with Crippen molar-refractivity contribution in [1.29, 1.82) is 0 Å². The smallest absolute Gasteiger partial charge is 0.0657 e. The maximum Gasteiger partial charge on any atom is 0.0657 e. The number of hydrogen-bond donors (Lipinski definition) is 2. The average Bonchev–Trinajstić information content (AvgIpc) is 2.26. The number of nitrogen functional groups attached to an aromatic ring is 1. The minimum absolute atomic E-state index is 0.647. The van der Waals surface area contributed by atoms with Gasteiger partial charge in [0.15, 0.2) is 0 Å². The van der Waals surface area contributed by atoms with Crippen molar-refractivity contribution in [3.05, 3.63) is 23.2 Å². The fourth-order valence-electron chi connectivity index (χ4n) is 1.28. The first-order valence-electron chi connectivity index (χ1n) is 5.60. The van der Waals surface area contributed by atoms with Gasteiger partial charge in [0.25, 0.3) is 0 Å². The van der Waals surface area contributed by atoms with Crippen LogP contribution in [0.2, 0.25) is 5.02 Å². The second kappa shape index (κ2) is 7.36. The van der Waals surface area contributed by atoms with E-state index in [1.807, 2.05) is 12.1 Å². The lowest BCUT2D eigenvalue weighted by molar-refractivity contribution is 0.141. The molecule has 0 radical (unpaired) electrons. The Morgan fingerprint density at radius 2 is 2.19 bits per heavy atom. The Bertz CT molecular complexity index is 318. The van der Waals surface area contributed by atoms with E-state index in [1.165, 1.54) is 0 Å². The summed E-state index contributed by atoms with van der Waals surface area (Å²) in [6.45, 7) is 4.43. The first-order valence-corrected chi connectivity index (χ1v) is 5.98. The minimum atomic E-state index is 0.647. The van der Waals surface area contributed by atoms with Gasteiger partial charge in [-0.3, -0.25) is 0 Å². The third-order valence-corrected chi connectivity index (χ3v) is 2.51. The van der Waals surface area contributed by atoms with Crippen molar-refractivity contribution in [2.75, 3.05) is 30.8 Å². The van der Waals surface area contributed by atoms with Crippen LogP contribution in [0.4, 0.5) is 11.4 Å². The fourth-order valence-corrected chi connectivity index (χ4v) is 1.54. The second-order valence-electron chi connectivity index (χ2n) is 3.63. The number of hydrogen-bond acceptors (Lipinski definition) is 3. The van der Waals surface area contributed by atoms with Gasteiger partial charge in [0.05, 0.1) is 17.3 Å². The molecule has 90 valence electrons. The molecule has 0 saturated heterocycles. The number of rotatable bonds is 7. The molecule has 3 N–H and O–H groups in total. The highest BCUT2D eigenvalue weighted by Crippen LogP contribution is 2.23. The Labute approximate surface area is 102 Å². The Balaban J connectivity index is 2.21. The Hall–Kier alpha value is -0.930. The molecule has 0 aliphatic heterocycles. The third-order valence-electron chi connectivity index (χ3n) is 2.20. The molecular weight excluding hydrogens is 224 g/mol. The zero-order valence-electron chi connectivity index (χ0n) is 9.63. The number of anilines is 2. The number of unbranched alkanes of at least 4 members (excludes halogenated alkanes) is 1. The number of ether oxygens (including phenoxy) is 1. The van der Waals surface area contributed by atoms with Crippen LogP contribution >= 0.6 is 11.6 Å². The van der Waals surface area contributed by atoms with Crippen molar-refractivity contribution in [1.82, 2.24) is 0 Å². The molecule has 1 rings (SSSR count). The number of nitrogens with one attached hydrogen (secondary N) is 1. The largest absolute Gasteiger partial charge is 0.399 e. The van der Waals surface area contributed by atoms with Crippen molar-refractivity contribution in [3.63, 3.8) is 0 Å². The molecule has 0 aromatic heterocycles. The van der Waals surface area contributed by atoms with Gasteiger partial charge in [0.1, 0.15) is 0 Å². The quantitative estimate of drug-likeness (QED) is 0.570. The van der Waals surface area contributed by atoms with Gasteiger partial charge in [0, 0.05) is 18.8 Å². The number of halogens is 1. The van der Waals surface area contributed by atoms with E-state index in [9.17, 15) is 0 Å². The van der Waals surface area contributed by atoms with Crippen LogP contribution in [0.5, 0.6) is 0 Å². The standard InChI is InChI=1S/C12H19ClN2O/c1-2-3-7-16-8-6-15-12-5-4-10(14)9-11(12)13/h4-5,9,15H,2-3,6-8,14H2,1H3. The highest BCUT2D eigenvalue weighted by atomic mass is 35.5. The summed E-state index contributed by atoms with van der Waals surface area (Å²) in [6, 6.07) is 5.44. The van der Waals surface area contributed by atoms with Crippen LogP contribution in [0.3, 0.4) is 0 Å².